The quantitative estimate of drug-likeness (QED) is 0.554. The number of nitrogens with zero attached hydrogens (tertiary/aromatic N) is 2. The Morgan fingerprint density at radius 3 is 2.65 bits per heavy atom. The van der Waals surface area contributed by atoms with Crippen molar-refractivity contribution >= 4 is 16.7 Å². The fourth-order valence-corrected chi connectivity index (χ4v) is 2.80. The second-order valence-electron chi connectivity index (χ2n) is 5.77. The lowest BCUT2D eigenvalue weighted by Gasteiger charge is -2.07. The van der Waals surface area contributed by atoms with E-state index in [4.69, 9.17) is 5.11 Å². The van der Waals surface area contributed by atoms with E-state index in [2.05, 4.69) is 4.98 Å². The van der Waals surface area contributed by atoms with Gasteiger partial charge in [0.25, 0.3) is 0 Å². The van der Waals surface area contributed by atoms with E-state index in [1.165, 1.54) is 30.5 Å². The number of Topliss-reactive ketones (excluding diaryl/α,β-unsaturated/α-hetero) is 1. The first-order valence-electron chi connectivity index (χ1n) is 7.74. The number of aliphatic hydroxyl groups excluding tert-OH is 1. The molecule has 0 fully saturated rings. The van der Waals surface area contributed by atoms with Gasteiger partial charge >= 0.3 is 6.18 Å². The van der Waals surface area contributed by atoms with Crippen LogP contribution in [0.15, 0.2) is 42.7 Å². The van der Waals surface area contributed by atoms with Crippen LogP contribution in [0.25, 0.3) is 10.9 Å². The third-order valence-corrected chi connectivity index (χ3v) is 3.96. The van der Waals surface area contributed by atoms with Gasteiger partial charge in [0, 0.05) is 41.8 Å². The van der Waals surface area contributed by atoms with Crippen LogP contribution in [0.5, 0.6) is 0 Å². The van der Waals surface area contributed by atoms with Gasteiger partial charge in [-0.25, -0.2) is 4.39 Å². The Labute approximate surface area is 145 Å². The first-order valence-corrected chi connectivity index (χ1v) is 7.74. The topological polar surface area (TPSA) is 55.1 Å². The van der Waals surface area contributed by atoms with Crippen molar-refractivity contribution in [1.82, 2.24) is 9.55 Å². The van der Waals surface area contributed by atoms with Crippen molar-refractivity contribution in [3.05, 3.63) is 65.4 Å². The van der Waals surface area contributed by atoms with Crippen LogP contribution in [-0.4, -0.2) is 27.0 Å². The molecule has 136 valence electrons. The lowest BCUT2D eigenvalue weighted by atomic mass is 10.0. The largest absolute Gasteiger partial charge is 0.433 e. The van der Waals surface area contributed by atoms with Crippen LogP contribution in [0.1, 0.15) is 21.6 Å². The molecule has 0 aliphatic rings. The first-order chi connectivity index (χ1) is 12.3. The molecule has 1 aromatic carbocycles. The summed E-state index contributed by atoms with van der Waals surface area (Å²) in [6, 6.07) is 6.09. The Bertz CT molecular complexity index is 963. The third kappa shape index (κ3) is 3.60. The molecule has 26 heavy (non-hydrogen) atoms. The maximum absolute atomic E-state index is 13.6. The monoisotopic (exact) mass is 366 g/mol. The number of pyridine rings is 1. The Balaban J connectivity index is 1.97. The van der Waals surface area contributed by atoms with Crippen LogP contribution in [0.4, 0.5) is 17.6 Å². The van der Waals surface area contributed by atoms with Gasteiger partial charge in [0.2, 0.25) is 0 Å². The number of aromatic nitrogens is 2. The van der Waals surface area contributed by atoms with Gasteiger partial charge in [0.1, 0.15) is 11.5 Å². The summed E-state index contributed by atoms with van der Waals surface area (Å²) >= 11 is 0. The van der Waals surface area contributed by atoms with Gasteiger partial charge in [-0.3, -0.25) is 9.78 Å². The fourth-order valence-electron chi connectivity index (χ4n) is 2.80. The van der Waals surface area contributed by atoms with Crippen molar-refractivity contribution in [1.29, 1.82) is 0 Å². The van der Waals surface area contributed by atoms with Crippen molar-refractivity contribution in [2.24, 2.45) is 0 Å². The number of hydrogen-bond donors (Lipinski definition) is 1. The number of carbonyl (C=O) groups is 1. The lowest BCUT2D eigenvalue weighted by molar-refractivity contribution is -0.141. The summed E-state index contributed by atoms with van der Waals surface area (Å²) in [7, 11) is 0. The number of hydrogen-bond acceptors (Lipinski definition) is 3. The smallest absolute Gasteiger partial charge is 0.395 e. The summed E-state index contributed by atoms with van der Waals surface area (Å²) < 4.78 is 53.4. The minimum atomic E-state index is -4.60. The molecule has 3 aromatic rings. The number of halogens is 4. The Kier molecular flexibility index (Phi) is 4.78. The van der Waals surface area contributed by atoms with E-state index >= 15 is 0 Å². The summed E-state index contributed by atoms with van der Waals surface area (Å²) in [5, 5.41) is 9.49. The van der Waals surface area contributed by atoms with E-state index in [0.717, 1.165) is 12.3 Å². The van der Waals surface area contributed by atoms with Gasteiger partial charge in [-0.2, -0.15) is 13.2 Å². The van der Waals surface area contributed by atoms with Gasteiger partial charge in [-0.15, -0.1) is 0 Å². The molecule has 2 heterocycles. The number of aliphatic hydroxyl groups is 1. The molecular formula is C18H14F4N2O2. The number of alkyl halides is 3. The third-order valence-electron chi connectivity index (χ3n) is 3.96. The second-order valence-corrected chi connectivity index (χ2v) is 5.77. The first kappa shape index (κ1) is 18.1. The molecule has 0 aliphatic carbocycles. The molecule has 2 aromatic heterocycles. The van der Waals surface area contributed by atoms with Crippen LogP contribution < -0.4 is 0 Å². The number of ketones is 1. The maximum atomic E-state index is 13.6. The van der Waals surface area contributed by atoms with Crippen molar-refractivity contribution < 1.29 is 27.5 Å². The lowest BCUT2D eigenvalue weighted by Crippen LogP contribution is -2.10. The van der Waals surface area contributed by atoms with Gasteiger partial charge in [-0.1, -0.05) is 0 Å². The molecular weight excluding hydrogens is 352 g/mol. The molecule has 0 amide bonds. The van der Waals surface area contributed by atoms with Gasteiger partial charge in [0.05, 0.1) is 6.61 Å². The Morgan fingerprint density at radius 1 is 1.19 bits per heavy atom. The second kappa shape index (κ2) is 6.87. The molecule has 0 aliphatic heterocycles. The van der Waals surface area contributed by atoms with E-state index in [9.17, 15) is 22.4 Å². The minimum absolute atomic E-state index is 0.164. The zero-order valence-electron chi connectivity index (χ0n) is 13.4. The summed E-state index contributed by atoms with van der Waals surface area (Å²) in [5.74, 6) is -0.979. The molecule has 0 unspecified atom stereocenters. The SMILES string of the molecule is O=C(Cc1ccnc(C(F)(F)F)c1)c1cn(CCO)c2ccc(F)cc12. The van der Waals surface area contributed by atoms with Crippen LogP contribution >= 0.6 is 0 Å². The molecule has 0 radical (unpaired) electrons. The Hall–Kier alpha value is -2.74. The highest BCUT2D eigenvalue weighted by molar-refractivity contribution is 6.08. The predicted molar refractivity (Wildman–Crippen MR) is 86.3 cm³/mol. The van der Waals surface area contributed by atoms with E-state index in [0.29, 0.717) is 10.9 Å². The van der Waals surface area contributed by atoms with Crippen molar-refractivity contribution in [3.63, 3.8) is 0 Å². The number of fused-ring (bicyclic) bond motifs is 1. The average molecular weight is 366 g/mol. The highest BCUT2D eigenvalue weighted by Crippen LogP contribution is 2.28. The zero-order chi connectivity index (χ0) is 18.9. The average Bonchev–Trinajstić information content (AvgIpc) is 2.92. The van der Waals surface area contributed by atoms with Crippen molar-refractivity contribution in [2.75, 3.05) is 6.61 Å². The van der Waals surface area contributed by atoms with Gasteiger partial charge < -0.3 is 9.67 Å². The summed E-state index contributed by atoms with van der Waals surface area (Å²) in [4.78, 5) is 15.9. The predicted octanol–water partition coefficient (Wildman–Crippen LogP) is 3.61. The minimum Gasteiger partial charge on any atom is -0.395 e. The molecule has 8 heteroatoms. The molecule has 4 nitrogen and oxygen atoms in total. The van der Waals surface area contributed by atoms with E-state index in [1.54, 1.807) is 4.57 Å². The summed E-state index contributed by atoms with van der Waals surface area (Å²) in [6.07, 6.45) is -2.39. The highest BCUT2D eigenvalue weighted by Gasteiger charge is 2.32. The standard InChI is InChI=1S/C18H14F4N2O2/c19-12-1-2-15-13(9-12)14(10-24(15)5-6-25)16(26)7-11-3-4-23-17(8-11)18(20,21)22/h1-4,8-10,25H,5-7H2. The molecule has 3 rings (SSSR count). The molecule has 0 bridgehead atoms. The van der Waals surface area contributed by atoms with Gasteiger partial charge in [-0.05, 0) is 35.9 Å². The molecule has 0 atom stereocenters. The van der Waals surface area contributed by atoms with Crippen molar-refractivity contribution in [3.8, 4) is 0 Å². The maximum Gasteiger partial charge on any atom is 0.433 e. The molecule has 0 spiro atoms. The number of benzene rings is 1. The molecule has 0 saturated carbocycles. The normalized spacial score (nSPS) is 11.9. The summed E-state index contributed by atoms with van der Waals surface area (Å²) in [5.41, 5.74) is -0.152. The summed E-state index contributed by atoms with van der Waals surface area (Å²) in [6.45, 7) is 0.0387. The fraction of sp³-hybridized carbons (Fsp3) is 0.222. The zero-order valence-corrected chi connectivity index (χ0v) is 13.4. The number of carbonyl (C=O) groups excluding carboxylic acids is 1. The Morgan fingerprint density at radius 2 is 1.96 bits per heavy atom. The van der Waals surface area contributed by atoms with Crippen LogP contribution in [0.2, 0.25) is 0 Å². The van der Waals surface area contributed by atoms with E-state index < -0.39 is 23.5 Å². The van der Waals surface area contributed by atoms with Crippen LogP contribution in [0, 0.1) is 5.82 Å². The van der Waals surface area contributed by atoms with Crippen molar-refractivity contribution in [2.45, 2.75) is 19.1 Å². The van der Waals surface area contributed by atoms with Crippen LogP contribution in [-0.2, 0) is 19.1 Å². The molecule has 0 saturated heterocycles. The van der Waals surface area contributed by atoms with Gasteiger partial charge in [0.15, 0.2) is 5.78 Å². The highest BCUT2D eigenvalue weighted by atomic mass is 19.4. The number of rotatable bonds is 5. The van der Waals surface area contributed by atoms with E-state index in [-0.39, 0.29) is 30.7 Å². The molecule has 1 N–H and O–H groups in total. The van der Waals surface area contributed by atoms with Crippen LogP contribution in [0.3, 0.4) is 0 Å². The van der Waals surface area contributed by atoms with E-state index in [1.807, 2.05) is 0 Å².